The highest BCUT2D eigenvalue weighted by Crippen LogP contribution is 2.35. The highest BCUT2D eigenvalue weighted by atomic mass is 79.9. The quantitative estimate of drug-likeness (QED) is 0.787. The van der Waals surface area contributed by atoms with Crippen molar-refractivity contribution in [3.05, 3.63) is 26.9 Å². The molecule has 0 N–H and O–H groups in total. The van der Waals surface area contributed by atoms with Gasteiger partial charge >= 0.3 is 5.97 Å². The van der Waals surface area contributed by atoms with Gasteiger partial charge in [-0.05, 0) is 22.0 Å². The maximum absolute atomic E-state index is 13.7. The van der Waals surface area contributed by atoms with Crippen molar-refractivity contribution in [2.75, 3.05) is 14.2 Å². The molecule has 0 heterocycles. The van der Waals surface area contributed by atoms with Gasteiger partial charge in [-0.3, -0.25) is 0 Å². The molecular formula is C9H7BrClFO3. The number of carbonyl (C=O) groups excluding carboxylic acids is 1. The maximum Gasteiger partial charge on any atom is 0.342 e. The lowest BCUT2D eigenvalue weighted by Gasteiger charge is -2.09. The molecule has 6 heteroatoms. The van der Waals surface area contributed by atoms with Crippen LogP contribution < -0.4 is 4.74 Å². The standard InChI is InChI=1S/C9H7BrClFO3/c1-14-8-5(11)3-4(10)6(7(8)12)9(13)15-2/h3H,1-2H3. The average molecular weight is 298 g/mol. The van der Waals surface area contributed by atoms with Crippen molar-refractivity contribution in [1.29, 1.82) is 0 Å². The summed E-state index contributed by atoms with van der Waals surface area (Å²) in [6.45, 7) is 0. The molecular weight excluding hydrogens is 290 g/mol. The number of carbonyl (C=O) groups is 1. The number of esters is 1. The zero-order chi connectivity index (χ0) is 11.6. The summed E-state index contributed by atoms with van der Waals surface area (Å²) in [5.74, 6) is -1.82. The summed E-state index contributed by atoms with van der Waals surface area (Å²) in [5, 5.41) is 0.0783. The number of hydrogen-bond donors (Lipinski definition) is 0. The van der Waals surface area contributed by atoms with Gasteiger partial charge < -0.3 is 9.47 Å². The molecule has 1 rings (SSSR count). The van der Waals surface area contributed by atoms with Gasteiger partial charge in [-0.25, -0.2) is 9.18 Å². The minimum absolute atomic E-state index is 0.0783. The lowest BCUT2D eigenvalue weighted by molar-refractivity contribution is 0.0593. The topological polar surface area (TPSA) is 35.5 Å². The van der Waals surface area contributed by atoms with Crippen molar-refractivity contribution < 1.29 is 18.7 Å². The SMILES string of the molecule is COC(=O)c1c(Br)cc(Cl)c(OC)c1F. The molecule has 0 amide bonds. The van der Waals surface area contributed by atoms with Crippen LogP contribution in [0.3, 0.4) is 0 Å². The average Bonchev–Trinajstić information content (AvgIpc) is 2.17. The van der Waals surface area contributed by atoms with E-state index in [1.54, 1.807) is 0 Å². The van der Waals surface area contributed by atoms with E-state index in [0.29, 0.717) is 0 Å². The Morgan fingerprint density at radius 2 is 2.13 bits per heavy atom. The molecule has 0 aromatic heterocycles. The second kappa shape index (κ2) is 4.81. The maximum atomic E-state index is 13.7. The summed E-state index contributed by atoms with van der Waals surface area (Å²) in [5.41, 5.74) is -0.237. The van der Waals surface area contributed by atoms with Gasteiger partial charge in [-0.15, -0.1) is 0 Å². The molecule has 3 nitrogen and oxygen atoms in total. The van der Waals surface area contributed by atoms with Crippen molar-refractivity contribution in [2.45, 2.75) is 0 Å². The molecule has 0 radical (unpaired) electrons. The predicted molar refractivity (Wildman–Crippen MR) is 57.0 cm³/mol. The summed E-state index contributed by atoms with van der Waals surface area (Å²) >= 11 is 8.73. The van der Waals surface area contributed by atoms with Crippen LogP contribution in [0.4, 0.5) is 4.39 Å². The molecule has 0 fully saturated rings. The monoisotopic (exact) mass is 296 g/mol. The van der Waals surface area contributed by atoms with Gasteiger partial charge in [-0.1, -0.05) is 11.6 Å². The second-order valence-corrected chi connectivity index (χ2v) is 3.82. The first-order valence-corrected chi connectivity index (χ1v) is 4.99. The Labute approximate surface area is 99.3 Å². The number of ether oxygens (including phenoxy) is 2. The number of benzene rings is 1. The van der Waals surface area contributed by atoms with Crippen molar-refractivity contribution in [2.24, 2.45) is 0 Å². The highest BCUT2D eigenvalue weighted by molar-refractivity contribution is 9.10. The van der Waals surface area contributed by atoms with Crippen LogP contribution in [0, 0.1) is 5.82 Å². The molecule has 0 spiro atoms. The largest absolute Gasteiger partial charge is 0.492 e. The molecule has 1 aromatic carbocycles. The van der Waals surface area contributed by atoms with Gasteiger partial charge in [-0.2, -0.15) is 0 Å². The summed E-state index contributed by atoms with van der Waals surface area (Å²) < 4.78 is 23.1. The molecule has 0 aliphatic heterocycles. The van der Waals surface area contributed by atoms with Crippen LogP contribution >= 0.6 is 27.5 Å². The van der Waals surface area contributed by atoms with Crippen LogP contribution in [-0.4, -0.2) is 20.2 Å². The first-order chi connectivity index (χ1) is 7.02. The zero-order valence-corrected chi connectivity index (χ0v) is 10.3. The molecule has 0 saturated carbocycles. The van der Waals surface area contributed by atoms with E-state index < -0.39 is 11.8 Å². The van der Waals surface area contributed by atoms with E-state index in [9.17, 15) is 9.18 Å². The van der Waals surface area contributed by atoms with Gasteiger partial charge in [0.15, 0.2) is 11.6 Å². The fourth-order valence-corrected chi connectivity index (χ4v) is 2.01. The van der Waals surface area contributed by atoms with E-state index in [2.05, 4.69) is 20.7 Å². The Bertz CT molecular complexity index is 409. The smallest absolute Gasteiger partial charge is 0.342 e. The van der Waals surface area contributed by atoms with Gasteiger partial charge in [0.2, 0.25) is 0 Å². The predicted octanol–water partition coefficient (Wildman–Crippen LogP) is 3.04. The summed E-state index contributed by atoms with van der Waals surface area (Å²) in [6.07, 6.45) is 0. The van der Waals surface area contributed by atoms with Gasteiger partial charge in [0.05, 0.1) is 19.2 Å². The summed E-state index contributed by atoms with van der Waals surface area (Å²) in [6, 6.07) is 1.37. The van der Waals surface area contributed by atoms with E-state index in [1.807, 2.05) is 0 Å². The van der Waals surface area contributed by atoms with Crippen LogP contribution in [0.1, 0.15) is 10.4 Å². The fourth-order valence-electron chi connectivity index (χ4n) is 1.05. The summed E-state index contributed by atoms with van der Waals surface area (Å²) in [7, 11) is 2.43. The Balaban J connectivity index is 3.45. The van der Waals surface area contributed by atoms with E-state index >= 15 is 0 Å². The number of hydrogen-bond acceptors (Lipinski definition) is 3. The molecule has 0 bridgehead atoms. The van der Waals surface area contributed by atoms with Gasteiger partial charge in [0.1, 0.15) is 5.56 Å². The lowest BCUT2D eigenvalue weighted by atomic mass is 10.2. The molecule has 15 heavy (non-hydrogen) atoms. The Morgan fingerprint density at radius 1 is 1.53 bits per heavy atom. The third-order valence-corrected chi connectivity index (χ3v) is 2.63. The second-order valence-electron chi connectivity index (χ2n) is 2.55. The van der Waals surface area contributed by atoms with Gasteiger partial charge in [0, 0.05) is 4.47 Å². The van der Waals surface area contributed by atoms with Crippen molar-refractivity contribution in [3.8, 4) is 5.75 Å². The normalized spacial score (nSPS) is 9.93. The lowest BCUT2D eigenvalue weighted by Crippen LogP contribution is -2.07. The summed E-state index contributed by atoms with van der Waals surface area (Å²) in [4.78, 5) is 11.2. The Kier molecular flexibility index (Phi) is 3.93. The van der Waals surface area contributed by atoms with Crippen LogP contribution in [0.15, 0.2) is 10.5 Å². The number of halogens is 3. The fraction of sp³-hybridized carbons (Fsp3) is 0.222. The molecule has 0 atom stereocenters. The molecule has 0 unspecified atom stereocenters. The minimum Gasteiger partial charge on any atom is -0.492 e. The van der Waals surface area contributed by atoms with Crippen LogP contribution in [-0.2, 0) is 4.74 Å². The van der Waals surface area contributed by atoms with E-state index in [4.69, 9.17) is 16.3 Å². The third-order valence-electron chi connectivity index (χ3n) is 1.72. The first kappa shape index (κ1) is 12.3. The van der Waals surface area contributed by atoms with Gasteiger partial charge in [0.25, 0.3) is 0 Å². The number of methoxy groups -OCH3 is 2. The first-order valence-electron chi connectivity index (χ1n) is 3.82. The minimum atomic E-state index is -0.844. The zero-order valence-electron chi connectivity index (χ0n) is 7.94. The number of rotatable bonds is 2. The third kappa shape index (κ3) is 2.23. The molecule has 82 valence electrons. The van der Waals surface area contributed by atoms with E-state index in [1.165, 1.54) is 13.2 Å². The highest BCUT2D eigenvalue weighted by Gasteiger charge is 2.22. The Morgan fingerprint density at radius 3 is 2.60 bits per heavy atom. The van der Waals surface area contributed by atoms with E-state index in [0.717, 1.165) is 7.11 Å². The van der Waals surface area contributed by atoms with Crippen molar-refractivity contribution >= 4 is 33.5 Å². The van der Waals surface area contributed by atoms with Crippen LogP contribution in [0.2, 0.25) is 5.02 Å². The van der Waals surface area contributed by atoms with Crippen molar-refractivity contribution in [1.82, 2.24) is 0 Å². The molecule has 0 aliphatic carbocycles. The molecule has 1 aromatic rings. The molecule has 0 aliphatic rings. The van der Waals surface area contributed by atoms with E-state index in [-0.39, 0.29) is 20.8 Å². The van der Waals surface area contributed by atoms with Crippen LogP contribution in [0.25, 0.3) is 0 Å². The van der Waals surface area contributed by atoms with Crippen LogP contribution in [0.5, 0.6) is 5.75 Å². The van der Waals surface area contributed by atoms with Crippen molar-refractivity contribution in [3.63, 3.8) is 0 Å². The molecule has 0 saturated heterocycles. The Hall–Kier alpha value is -0.810.